The first kappa shape index (κ1) is 66.2. The van der Waals surface area contributed by atoms with Crippen molar-refractivity contribution >= 4 is 78.8 Å². The Morgan fingerprint density at radius 1 is 0.988 bits per heavy atom. The van der Waals surface area contributed by atoms with Crippen LogP contribution in [-0.4, -0.2) is 88.6 Å². The minimum atomic E-state index is -3.66. The van der Waals surface area contributed by atoms with Crippen LogP contribution in [0.15, 0.2) is 78.4 Å². The van der Waals surface area contributed by atoms with Gasteiger partial charge in [0.2, 0.25) is 11.8 Å². The summed E-state index contributed by atoms with van der Waals surface area (Å²) in [4.78, 5) is 69.5. The summed E-state index contributed by atoms with van der Waals surface area (Å²) < 4.78 is 60.9. The number of benzene rings is 2. The van der Waals surface area contributed by atoms with Crippen molar-refractivity contribution in [3.05, 3.63) is 135 Å². The number of rotatable bonds is 23. The van der Waals surface area contributed by atoms with Gasteiger partial charge in [0.05, 0.1) is 58.5 Å². The maximum atomic E-state index is 15.5. The average Bonchev–Trinajstić information content (AvgIpc) is 4.33. The lowest BCUT2D eigenvalue weighted by Gasteiger charge is -2.26. The maximum absolute atomic E-state index is 15.5. The zero-order chi connectivity index (χ0) is 60.3. The number of sulfone groups is 1. The summed E-state index contributed by atoms with van der Waals surface area (Å²) >= 11 is 7.17. The fourth-order valence-corrected chi connectivity index (χ4v) is 11.2. The summed E-state index contributed by atoms with van der Waals surface area (Å²) in [5.74, 6) is -3.40. The number of nitrogens with two attached hydrogens (primary N) is 1. The largest absolute Gasteiger partial charge is 0.479 e. The Kier molecular flexibility index (Phi) is 25.6. The molecule has 5 aromatic rings. The number of unbranched alkanes of at least 4 members (excludes halogenated alkanes) is 5. The van der Waals surface area contributed by atoms with Crippen molar-refractivity contribution in [3.63, 3.8) is 0 Å². The number of aryl methyl sites for hydroxylation is 1. The molecule has 0 spiro atoms. The number of allylic oxidation sites excluding steroid dienone is 2. The molecule has 3 amide bonds. The second-order valence-electron chi connectivity index (χ2n) is 21.2. The summed E-state index contributed by atoms with van der Waals surface area (Å²) in [6.07, 6.45) is 15.5. The van der Waals surface area contributed by atoms with E-state index in [-0.39, 0.29) is 47.0 Å². The molecule has 444 valence electrons. The molecule has 15 nitrogen and oxygen atoms in total. The van der Waals surface area contributed by atoms with E-state index in [1.807, 2.05) is 36.7 Å². The van der Waals surface area contributed by atoms with Crippen molar-refractivity contribution in [1.82, 2.24) is 30.5 Å². The Hall–Kier alpha value is -6.64. The van der Waals surface area contributed by atoms with E-state index in [0.717, 1.165) is 72.2 Å². The van der Waals surface area contributed by atoms with Crippen molar-refractivity contribution in [2.45, 2.75) is 151 Å². The first-order valence-corrected chi connectivity index (χ1v) is 31.7. The number of halogens is 2. The fraction of sp³-hybridized carbons (Fsp3) is 0.468. The van der Waals surface area contributed by atoms with Crippen LogP contribution in [0.1, 0.15) is 174 Å². The summed E-state index contributed by atoms with van der Waals surface area (Å²) in [5, 5.41) is 5.92. The summed E-state index contributed by atoms with van der Waals surface area (Å²) in [6, 6.07) is 11.2. The number of H-pyrrole nitrogens is 1. The molecule has 2 unspecified atom stereocenters. The number of hydrogen-bond acceptors (Lipinski definition) is 13. The first-order chi connectivity index (χ1) is 39.0. The van der Waals surface area contributed by atoms with Gasteiger partial charge < -0.3 is 35.9 Å². The van der Waals surface area contributed by atoms with Crippen LogP contribution in [0.2, 0.25) is 0 Å². The number of thiazole rings is 1. The van der Waals surface area contributed by atoms with Crippen LogP contribution in [0.25, 0.3) is 16.0 Å². The smallest absolute Gasteiger partial charge is 0.251 e. The van der Waals surface area contributed by atoms with Crippen molar-refractivity contribution in [2.24, 2.45) is 17.6 Å². The number of anilines is 2. The van der Waals surface area contributed by atoms with Crippen molar-refractivity contribution in [2.75, 3.05) is 30.9 Å². The van der Waals surface area contributed by atoms with Crippen molar-refractivity contribution in [1.29, 1.82) is 0 Å². The molecule has 82 heavy (non-hydrogen) atoms. The molecule has 2 atom stereocenters. The Morgan fingerprint density at radius 2 is 1.66 bits per heavy atom. The molecule has 2 aliphatic heterocycles. The SMILES string of the molecule is C/C=C1/c2cc(CS(C)(=O)=O)c(C(=O)NCCCCCCCCO/C(N)=C/C(=S)C(C)C(=O)N3CCCC3C(=O)NCc3ccc(-c4scnc4C)cc3)cc2N(c2ncc(F)cc2F)Cc2c[nH]c(C(C)=O)c21.CCC.CCC(C)C. The predicted octanol–water partition coefficient (Wildman–Crippen LogP) is 12.6. The molecule has 2 aliphatic rings. The number of nitrogens with zero attached hydrogens (tertiary/aromatic N) is 4. The van der Waals surface area contributed by atoms with E-state index in [0.29, 0.717) is 90.1 Å². The number of fused-ring (bicyclic) bond motifs is 2. The Balaban J connectivity index is 0.00000144. The monoisotopic (exact) mass is 1180 g/mol. The van der Waals surface area contributed by atoms with E-state index in [9.17, 15) is 32.0 Å². The number of aromatic amines is 1. The van der Waals surface area contributed by atoms with Gasteiger partial charge in [0, 0.05) is 72.7 Å². The van der Waals surface area contributed by atoms with Crippen molar-refractivity contribution in [3.8, 4) is 10.4 Å². The molecule has 20 heteroatoms. The molecular weight excluding hydrogens is 1100 g/mol. The normalized spacial score (nSPS) is 14.9. The number of carbonyl (C=O) groups is 4. The van der Waals surface area contributed by atoms with Gasteiger partial charge in [0.25, 0.3) is 5.91 Å². The van der Waals surface area contributed by atoms with E-state index in [1.54, 1.807) is 48.4 Å². The highest BCUT2D eigenvalue weighted by atomic mass is 32.2. The molecular formula is C62H82F2N8O7S3. The number of aromatic nitrogens is 3. The molecule has 7 rings (SSSR count). The summed E-state index contributed by atoms with van der Waals surface area (Å²) in [7, 11) is -3.66. The minimum Gasteiger partial charge on any atom is -0.479 e. The standard InChI is InChI=1S/C54H62F2N8O7S3.C5H12.C3H8/c1-6-40-42-22-37(30-74(5,69)70)41(24-45(42)64(51-43(56)23-39(55)28-60-51)29-38-27-59-49(34(4)65)48(38)40)52(66)58-19-11-9-7-8-10-12-21-71-47(57)25-46(72)32(2)54(68)63-20-13-14-44(63)53(67)61-26-35-15-17-36(18-16-35)50-33(3)62-31-73-50;1-4-5(2)3;1-3-2/h6,15-18,22-25,27-28,31-32,44,59H,7-14,19-21,26,29-30,57H2,1-5H3,(H,58,66)(H,61,67);5H,4H2,1-3H3;3H2,1-2H3/b40-6-,47-25+;;. The van der Waals surface area contributed by atoms with Gasteiger partial charge in [-0.05, 0) is 92.3 Å². The van der Waals surface area contributed by atoms with E-state index in [1.165, 1.54) is 36.8 Å². The lowest BCUT2D eigenvalue weighted by Crippen LogP contribution is -2.48. The highest BCUT2D eigenvalue weighted by Gasteiger charge is 2.37. The van der Waals surface area contributed by atoms with Crippen LogP contribution in [0, 0.1) is 30.4 Å². The van der Waals surface area contributed by atoms with Crippen LogP contribution >= 0.6 is 23.6 Å². The van der Waals surface area contributed by atoms with Gasteiger partial charge in [-0.2, -0.15) is 0 Å². The van der Waals surface area contributed by atoms with Crippen LogP contribution in [0.3, 0.4) is 0 Å². The number of thiocarbonyl (C=S) groups is 1. The zero-order valence-electron chi connectivity index (χ0n) is 49.2. The third kappa shape index (κ3) is 18.4. The van der Waals surface area contributed by atoms with E-state index < -0.39 is 45.1 Å². The summed E-state index contributed by atoms with van der Waals surface area (Å²) in [5.41, 5.74) is 14.1. The number of nitrogens with one attached hydrogen (secondary N) is 3. The van der Waals surface area contributed by atoms with Crippen LogP contribution < -0.4 is 21.3 Å². The zero-order valence-corrected chi connectivity index (χ0v) is 51.6. The summed E-state index contributed by atoms with van der Waals surface area (Å²) in [6.45, 7) is 19.2. The molecule has 0 bridgehead atoms. The van der Waals surface area contributed by atoms with Gasteiger partial charge in [-0.1, -0.05) is 116 Å². The van der Waals surface area contributed by atoms with Gasteiger partial charge >= 0.3 is 0 Å². The van der Waals surface area contributed by atoms with Crippen molar-refractivity contribution < 1.29 is 41.1 Å². The van der Waals surface area contributed by atoms with E-state index in [2.05, 4.69) is 60.2 Å². The Bertz CT molecular complexity index is 3190. The van der Waals surface area contributed by atoms with Gasteiger partial charge in [-0.3, -0.25) is 19.2 Å². The number of carbonyl (C=O) groups excluding carboxylic acids is 4. The number of Topliss-reactive ketones (excluding diaryl/α,β-unsaturated/α-hetero) is 1. The number of ether oxygens (including phenoxy) is 1. The van der Waals surface area contributed by atoms with Crippen LogP contribution in [-0.2, 0) is 43.0 Å². The highest BCUT2D eigenvalue weighted by molar-refractivity contribution is 7.89. The molecule has 1 fully saturated rings. The number of likely N-dealkylation sites (tertiary alicyclic amines) is 1. The predicted molar refractivity (Wildman–Crippen MR) is 329 cm³/mol. The molecule has 5 N–H and O–H groups in total. The molecule has 0 saturated carbocycles. The Morgan fingerprint density at radius 3 is 2.27 bits per heavy atom. The number of ketones is 1. The number of hydrogen-bond donors (Lipinski definition) is 4. The molecule has 5 heterocycles. The van der Waals surface area contributed by atoms with Gasteiger partial charge in [0.15, 0.2) is 33.1 Å². The molecule has 3 aromatic heterocycles. The average molecular weight is 1190 g/mol. The van der Waals surface area contributed by atoms with Gasteiger partial charge in [-0.25, -0.2) is 27.2 Å². The lowest BCUT2D eigenvalue weighted by atomic mass is 9.91. The quantitative estimate of drug-likeness (QED) is 0.0158. The van der Waals surface area contributed by atoms with Gasteiger partial charge in [-0.15, -0.1) is 11.3 Å². The molecule has 0 radical (unpaired) electrons. The second-order valence-corrected chi connectivity index (χ2v) is 24.7. The lowest BCUT2D eigenvalue weighted by molar-refractivity contribution is -0.139. The third-order valence-corrected chi connectivity index (χ3v) is 16.3. The van der Waals surface area contributed by atoms with E-state index in [4.69, 9.17) is 22.7 Å². The van der Waals surface area contributed by atoms with Crippen LogP contribution in [0.4, 0.5) is 20.3 Å². The topological polar surface area (TPSA) is 210 Å². The molecule has 2 aromatic carbocycles. The number of pyridine rings is 1. The number of amides is 3. The van der Waals surface area contributed by atoms with Gasteiger partial charge in [0.1, 0.15) is 11.9 Å². The highest BCUT2D eigenvalue weighted by Crippen LogP contribution is 2.44. The maximum Gasteiger partial charge on any atom is 0.251 e. The second kappa shape index (κ2) is 31.7. The Labute approximate surface area is 492 Å². The van der Waals surface area contributed by atoms with Crippen LogP contribution in [0.5, 0.6) is 0 Å². The molecule has 1 saturated heterocycles. The molecule has 0 aliphatic carbocycles. The fourth-order valence-electron chi connectivity index (χ4n) is 9.41. The minimum absolute atomic E-state index is 0.00612. The third-order valence-electron chi connectivity index (χ3n) is 14.0. The first-order valence-electron chi connectivity index (χ1n) is 28.3. The van der Waals surface area contributed by atoms with E-state index >= 15 is 4.39 Å².